The highest BCUT2D eigenvalue weighted by molar-refractivity contribution is 5.22. The van der Waals surface area contributed by atoms with Crippen molar-refractivity contribution in [1.82, 2.24) is 10.2 Å². The van der Waals surface area contributed by atoms with Gasteiger partial charge in [-0.05, 0) is 32.4 Å². The van der Waals surface area contributed by atoms with Gasteiger partial charge in [0.15, 0.2) is 0 Å². The van der Waals surface area contributed by atoms with Crippen molar-refractivity contribution in [2.45, 2.75) is 25.8 Å². The molecule has 0 amide bonds. The zero-order valence-corrected chi connectivity index (χ0v) is 8.06. The van der Waals surface area contributed by atoms with Crippen molar-refractivity contribution in [3.05, 3.63) is 11.1 Å². The van der Waals surface area contributed by atoms with E-state index in [2.05, 4.69) is 24.2 Å². The van der Waals surface area contributed by atoms with Crippen molar-refractivity contribution in [2.75, 3.05) is 26.7 Å². The Morgan fingerprint density at radius 2 is 2.17 bits per heavy atom. The Bertz CT molecular complexity index is 198. The molecule has 2 fully saturated rings. The van der Waals surface area contributed by atoms with Gasteiger partial charge in [-0.3, -0.25) is 4.90 Å². The second kappa shape index (κ2) is 3.19. The summed E-state index contributed by atoms with van der Waals surface area (Å²) in [6.45, 7) is 5.71. The van der Waals surface area contributed by atoms with Crippen LogP contribution in [0.1, 0.15) is 19.8 Å². The maximum Gasteiger partial charge on any atom is 0.0193 e. The molecule has 2 aliphatic rings. The van der Waals surface area contributed by atoms with E-state index in [1.54, 1.807) is 11.1 Å². The Labute approximate surface area is 74.6 Å². The standard InChI is InChI=1S/C10H18N2/c1-8(9-5-11-6-9)7-12(2)10-3-4-10/h10-11H,3-7H2,1-2H3. The van der Waals surface area contributed by atoms with Gasteiger partial charge in [0, 0.05) is 25.7 Å². The maximum absolute atomic E-state index is 3.28. The maximum atomic E-state index is 3.28. The van der Waals surface area contributed by atoms with Crippen LogP contribution in [0.3, 0.4) is 0 Å². The van der Waals surface area contributed by atoms with Gasteiger partial charge in [0.25, 0.3) is 0 Å². The van der Waals surface area contributed by atoms with Gasteiger partial charge in [0.05, 0.1) is 0 Å². The fraction of sp³-hybridized carbons (Fsp3) is 0.800. The number of nitrogens with zero attached hydrogens (tertiary/aromatic N) is 1. The normalized spacial score (nSPS) is 22.8. The molecule has 0 aromatic carbocycles. The second-order valence-electron chi connectivity index (χ2n) is 4.13. The smallest absolute Gasteiger partial charge is 0.0193 e. The molecule has 1 N–H and O–H groups in total. The number of hydrogen-bond donors (Lipinski definition) is 1. The van der Waals surface area contributed by atoms with E-state index in [0.717, 1.165) is 19.1 Å². The number of nitrogens with one attached hydrogen (secondary N) is 1. The van der Waals surface area contributed by atoms with E-state index >= 15 is 0 Å². The number of rotatable bonds is 3. The van der Waals surface area contributed by atoms with Gasteiger partial charge in [-0.15, -0.1) is 0 Å². The van der Waals surface area contributed by atoms with Crippen molar-refractivity contribution in [3.63, 3.8) is 0 Å². The van der Waals surface area contributed by atoms with E-state index in [4.69, 9.17) is 0 Å². The van der Waals surface area contributed by atoms with E-state index in [-0.39, 0.29) is 0 Å². The van der Waals surface area contributed by atoms with Gasteiger partial charge in [-0.1, -0.05) is 5.57 Å². The van der Waals surface area contributed by atoms with Gasteiger partial charge < -0.3 is 5.32 Å². The average molecular weight is 166 g/mol. The highest BCUT2D eigenvalue weighted by Gasteiger charge is 2.26. The van der Waals surface area contributed by atoms with Crippen molar-refractivity contribution in [1.29, 1.82) is 0 Å². The summed E-state index contributed by atoms with van der Waals surface area (Å²) >= 11 is 0. The third-order valence-electron chi connectivity index (χ3n) is 2.94. The molecular weight excluding hydrogens is 148 g/mol. The first-order chi connectivity index (χ1) is 5.77. The van der Waals surface area contributed by atoms with E-state index in [0.29, 0.717) is 0 Å². The minimum atomic E-state index is 0.897. The van der Waals surface area contributed by atoms with Crippen LogP contribution in [0.5, 0.6) is 0 Å². The molecule has 1 aliphatic carbocycles. The molecule has 0 atom stereocenters. The summed E-state index contributed by atoms with van der Waals surface area (Å²) in [7, 11) is 2.24. The van der Waals surface area contributed by atoms with Crippen molar-refractivity contribution >= 4 is 0 Å². The van der Waals surface area contributed by atoms with Gasteiger partial charge in [-0.25, -0.2) is 0 Å². The Hall–Kier alpha value is -0.340. The molecule has 1 aliphatic heterocycles. The van der Waals surface area contributed by atoms with Crippen LogP contribution >= 0.6 is 0 Å². The minimum Gasteiger partial charge on any atom is -0.309 e. The van der Waals surface area contributed by atoms with Crippen LogP contribution in [-0.2, 0) is 0 Å². The first-order valence-corrected chi connectivity index (χ1v) is 4.86. The quantitative estimate of drug-likeness (QED) is 0.629. The summed E-state index contributed by atoms with van der Waals surface area (Å²) in [6.07, 6.45) is 2.83. The number of likely N-dealkylation sites (N-methyl/N-ethyl adjacent to an activating group) is 1. The topological polar surface area (TPSA) is 15.3 Å². The summed E-state index contributed by atoms with van der Waals surface area (Å²) in [5.41, 5.74) is 3.21. The molecule has 2 heteroatoms. The zero-order chi connectivity index (χ0) is 8.55. The van der Waals surface area contributed by atoms with Gasteiger partial charge >= 0.3 is 0 Å². The summed E-state index contributed by atoms with van der Waals surface area (Å²) in [5.74, 6) is 0. The molecule has 1 saturated carbocycles. The average Bonchev–Trinajstić information content (AvgIpc) is 2.61. The van der Waals surface area contributed by atoms with Crippen molar-refractivity contribution in [2.24, 2.45) is 0 Å². The summed E-state index contributed by atoms with van der Waals surface area (Å²) in [4.78, 5) is 2.49. The lowest BCUT2D eigenvalue weighted by atomic mass is 10.0. The van der Waals surface area contributed by atoms with Gasteiger partial charge in [0.2, 0.25) is 0 Å². The predicted octanol–water partition coefficient (Wildman–Crippen LogP) is 1.00. The van der Waals surface area contributed by atoms with Crippen molar-refractivity contribution < 1.29 is 0 Å². The lowest BCUT2D eigenvalue weighted by Crippen LogP contribution is -2.36. The molecule has 0 aromatic heterocycles. The molecule has 0 radical (unpaired) electrons. The van der Waals surface area contributed by atoms with Crippen LogP contribution < -0.4 is 5.32 Å². The van der Waals surface area contributed by atoms with Crippen LogP contribution in [0.2, 0.25) is 0 Å². The minimum absolute atomic E-state index is 0.897. The zero-order valence-electron chi connectivity index (χ0n) is 8.06. The Morgan fingerprint density at radius 1 is 1.50 bits per heavy atom. The molecule has 0 aromatic rings. The number of hydrogen-bond acceptors (Lipinski definition) is 2. The van der Waals surface area contributed by atoms with Crippen LogP contribution in [0.4, 0.5) is 0 Å². The second-order valence-corrected chi connectivity index (χ2v) is 4.13. The van der Waals surface area contributed by atoms with Crippen LogP contribution in [-0.4, -0.2) is 37.6 Å². The highest BCUT2D eigenvalue weighted by atomic mass is 15.1. The molecule has 0 bridgehead atoms. The monoisotopic (exact) mass is 166 g/mol. The molecule has 68 valence electrons. The first-order valence-electron chi connectivity index (χ1n) is 4.86. The third kappa shape index (κ3) is 1.70. The molecule has 2 nitrogen and oxygen atoms in total. The summed E-state index contributed by atoms with van der Waals surface area (Å²) in [6, 6.07) is 0.897. The third-order valence-corrected chi connectivity index (χ3v) is 2.94. The molecule has 1 saturated heterocycles. The van der Waals surface area contributed by atoms with Gasteiger partial charge in [-0.2, -0.15) is 0 Å². The van der Waals surface area contributed by atoms with E-state index in [1.165, 1.54) is 19.4 Å². The molecule has 0 spiro atoms. The Morgan fingerprint density at radius 3 is 2.58 bits per heavy atom. The van der Waals surface area contributed by atoms with E-state index in [9.17, 15) is 0 Å². The molecule has 12 heavy (non-hydrogen) atoms. The molecule has 2 rings (SSSR count). The Kier molecular flexibility index (Phi) is 2.20. The Balaban J connectivity index is 1.84. The summed E-state index contributed by atoms with van der Waals surface area (Å²) < 4.78 is 0. The van der Waals surface area contributed by atoms with Crippen LogP contribution in [0.25, 0.3) is 0 Å². The van der Waals surface area contributed by atoms with E-state index in [1.807, 2.05) is 0 Å². The van der Waals surface area contributed by atoms with Crippen LogP contribution in [0, 0.1) is 0 Å². The SMILES string of the molecule is CC(CN(C)C1CC1)=C1CNC1. The summed E-state index contributed by atoms with van der Waals surface area (Å²) in [5, 5.41) is 3.28. The fourth-order valence-electron chi connectivity index (χ4n) is 1.68. The van der Waals surface area contributed by atoms with Crippen molar-refractivity contribution in [3.8, 4) is 0 Å². The fourth-order valence-corrected chi connectivity index (χ4v) is 1.68. The lowest BCUT2D eigenvalue weighted by Gasteiger charge is -2.25. The molecule has 0 unspecified atom stereocenters. The van der Waals surface area contributed by atoms with Gasteiger partial charge in [0.1, 0.15) is 0 Å². The molecule has 1 heterocycles. The predicted molar refractivity (Wildman–Crippen MR) is 51.2 cm³/mol. The lowest BCUT2D eigenvalue weighted by molar-refractivity contribution is 0.349. The first kappa shape index (κ1) is 8.27. The van der Waals surface area contributed by atoms with E-state index < -0.39 is 0 Å². The van der Waals surface area contributed by atoms with Crippen LogP contribution in [0.15, 0.2) is 11.1 Å². The largest absolute Gasteiger partial charge is 0.309 e. The molecular formula is C10H18N2. The highest BCUT2D eigenvalue weighted by Crippen LogP contribution is 2.26.